The van der Waals surface area contributed by atoms with Gasteiger partial charge in [0.15, 0.2) is 0 Å². The van der Waals surface area contributed by atoms with Crippen molar-refractivity contribution in [2.45, 2.75) is 31.9 Å². The van der Waals surface area contributed by atoms with E-state index in [0.717, 1.165) is 24.2 Å². The van der Waals surface area contributed by atoms with Crippen molar-refractivity contribution in [2.75, 3.05) is 0 Å². The molecule has 0 radical (unpaired) electrons. The van der Waals surface area contributed by atoms with Crippen LogP contribution in [-0.2, 0) is 6.54 Å². The first-order chi connectivity index (χ1) is 6.79. The van der Waals surface area contributed by atoms with Crippen LogP contribution in [0.25, 0.3) is 0 Å². The summed E-state index contributed by atoms with van der Waals surface area (Å²) in [5, 5.41) is 0. The Kier molecular flexibility index (Phi) is 2.68. The molecule has 2 rings (SSSR count). The van der Waals surface area contributed by atoms with Crippen LogP contribution in [0.4, 0.5) is 4.39 Å². The summed E-state index contributed by atoms with van der Waals surface area (Å²) in [4.78, 5) is 0. The molecule has 0 amide bonds. The van der Waals surface area contributed by atoms with Gasteiger partial charge in [-0.3, -0.25) is 0 Å². The second kappa shape index (κ2) is 3.96. The maximum Gasteiger partial charge on any atom is 0.124 e. The zero-order valence-electron chi connectivity index (χ0n) is 8.00. The minimum absolute atomic E-state index is 0.258. The van der Waals surface area contributed by atoms with Gasteiger partial charge in [-0.1, -0.05) is 0 Å². The van der Waals surface area contributed by atoms with Crippen LogP contribution in [0.5, 0.6) is 5.75 Å². The zero-order valence-corrected chi connectivity index (χ0v) is 8.00. The Morgan fingerprint density at radius 2 is 2.21 bits per heavy atom. The number of halogens is 1. The van der Waals surface area contributed by atoms with Crippen LogP contribution in [0.3, 0.4) is 0 Å². The first-order valence-corrected chi connectivity index (χ1v) is 4.95. The number of rotatable bonds is 3. The zero-order chi connectivity index (χ0) is 9.97. The fraction of sp³-hybridized carbons (Fsp3) is 0.455. The summed E-state index contributed by atoms with van der Waals surface area (Å²) in [7, 11) is 0. The highest BCUT2D eigenvalue weighted by molar-refractivity contribution is 5.34. The van der Waals surface area contributed by atoms with Gasteiger partial charge in [0.1, 0.15) is 11.6 Å². The van der Waals surface area contributed by atoms with Gasteiger partial charge in [-0.05, 0) is 37.5 Å². The van der Waals surface area contributed by atoms with Crippen LogP contribution in [0.2, 0.25) is 0 Å². The molecule has 0 bridgehead atoms. The molecule has 1 aromatic rings. The van der Waals surface area contributed by atoms with Gasteiger partial charge < -0.3 is 10.5 Å². The molecule has 0 atom stereocenters. The minimum atomic E-state index is -0.258. The third-order valence-corrected chi connectivity index (χ3v) is 2.59. The average molecular weight is 195 g/mol. The standard InChI is InChI=1S/C11H14FNO/c12-9-4-5-11(8(6-9)7-13)14-10-2-1-3-10/h4-6,10H,1-3,7,13H2. The van der Waals surface area contributed by atoms with Crippen molar-refractivity contribution >= 4 is 0 Å². The third kappa shape index (κ3) is 1.87. The lowest BCUT2D eigenvalue weighted by molar-refractivity contribution is 0.119. The summed E-state index contributed by atoms with van der Waals surface area (Å²) < 4.78 is 18.5. The molecule has 0 heterocycles. The lowest BCUT2D eigenvalue weighted by atomic mass is 9.96. The Hall–Kier alpha value is -1.09. The van der Waals surface area contributed by atoms with E-state index in [1.54, 1.807) is 6.07 Å². The summed E-state index contributed by atoms with van der Waals surface area (Å²) >= 11 is 0. The predicted octanol–water partition coefficient (Wildman–Crippen LogP) is 2.22. The van der Waals surface area contributed by atoms with Crippen LogP contribution < -0.4 is 10.5 Å². The quantitative estimate of drug-likeness (QED) is 0.802. The molecule has 1 aliphatic carbocycles. The van der Waals surface area contributed by atoms with Gasteiger partial charge in [-0.15, -0.1) is 0 Å². The Bertz CT molecular complexity index is 323. The van der Waals surface area contributed by atoms with Crippen molar-refractivity contribution in [1.29, 1.82) is 0 Å². The molecular weight excluding hydrogens is 181 g/mol. The first-order valence-electron chi connectivity index (χ1n) is 4.95. The normalized spacial score (nSPS) is 16.4. The maximum atomic E-state index is 12.9. The van der Waals surface area contributed by atoms with E-state index in [2.05, 4.69) is 0 Å². The van der Waals surface area contributed by atoms with E-state index < -0.39 is 0 Å². The molecule has 0 saturated heterocycles. The SMILES string of the molecule is NCc1cc(F)ccc1OC1CCC1. The second-order valence-electron chi connectivity index (χ2n) is 3.63. The Morgan fingerprint density at radius 1 is 1.43 bits per heavy atom. The van der Waals surface area contributed by atoms with Gasteiger partial charge in [-0.25, -0.2) is 4.39 Å². The molecular formula is C11H14FNO. The molecule has 1 aromatic carbocycles. The van der Waals surface area contributed by atoms with E-state index in [0.29, 0.717) is 12.6 Å². The van der Waals surface area contributed by atoms with Crippen molar-refractivity contribution < 1.29 is 9.13 Å². The van der Waals surface area contributed by atoms with Crippen LogP contribution in [-0.4, -0.2) is 6.10 Å². The molecule has 2 N–H and O–H groups in total. The van der Waals surface area contributed by atoms with E-state index in [1.807, 2.05) is 0 Å². The largest absolute Gasteiger partial charge is 0.490 e. The summed E-state index contributed by atoms with van der Waals surface area (Å²) in [5.74, 6) is 0.477. The van der Waals surface area contributed by atoms with E-state index in [4.69, 9.17) is 10.5 Å². The smallest absolute Gasteiger partial charge is 0.124 e. The lowest BCUT2D eigenvalue weighted by Gasteiger charge is -2.27. The van der Waals surface area contributed by atoms with Crippen molar-refractivity contribution in [2.24, 2.45) is 5.73 Å². The van der Waals surface area contributed by atoms with Crippen molar-refractivity contribution in [3.05, 3.63) is 29.6 Å². The highest BCUT2D eigenvalue weighted by Crippen LogP contribution is 2.27. The molecule has 0 spiro atoms. The van der Waals surface area contributed by atoms with Crippen molar-refractivity contribution in [3.63, 3.8) is 0 Å². The lowest BCUT2D eigenvalue weighted by Crippen LogP contribution is -2.25. The van der Waals surface area contributed by atoms with Gasteiger partial charge in [0.05, 0.1) is 6.10 Å². The Labute approximate surface area is 82.9 Å². The highest BCUT2D eigenvalue weighted by atomic mass is 19.1. The fourth-order valence-corrected chi connectivity index (χ4v) is 1.49. The van der Waals surface area contributed by atoms with Crippen molar-refractivity contribution in [3.8, 4) is 5.75 Å². The average Bonchev–Trinajstić information content (AvgIpc) is 2.13. The molecule has 76 valence electrons. The summed E-state index contributed by atoms with van der Waals surface area (Å²) in [6.07, 6.45) is 3.73. The number of hydrogen-bond donors (Lipinski definition) is 1. The number of benzene rings is 1. The Morgan fingerprint density at radius 3 is 2.79 bits per heavy atom. The van der Waals surface area contributed by atoms with Crippen LogP contribution in [0.15, 0.2) is 18.2 Å². The van der Waals surface area contributed by atoms with Crippen molar-refractivity contribution in [1.82, 2.24) is 0 Å². The fourth-order valence-electron chi connectivity index (χ4n) is 1.49. The molecule has 0 aromatic heterocycles. The molecule has 1 aliphatic rings. The number of hydrogen-bond acceptors (Lipinski definition) is 2. The summed E-state index contributed by atoms with van der Waals surface area (Å²) in [6, 6.07) is 4.51. The maximum absolute atomic E-state index is 12.9. The molecule has 1 saturated carbocycles. The van der Waals surface area contributed by atoms with Gasteiger partial charge >= 0.3 is 0 Å². The topological polar surface area (TPSA) is 35.2 Å². The number of ether oxygens (including phenoxy) is 1. The highest BCUT2D eigenvalue weighted by Gasteiger charge is 2.20. The van der Waals surface area contributed by atoms with Crippen LogP contribution >= 0.6 is 0 Å². The monoisotopic (exact) mass is 195 g/mol. The van der Waals surface area contributed by atoms with Gasteiger partial charge in [0, 0.05) is 12.1 Å². The van der Waals surface area contributed by atoms with E-state index in [-0.39, 0.29) is 5.82 Å². The van der Waals surface area contributed by atoms with Gasteiger partial charge in [0.25, 0.3) is 0 Å². The van der Waals surface area contributed by atoms with E-state index in [1.165, 1.54) is 18.6 Å². The molecule has 1 fully saturated rings. The first kappa shape index (κ1) is 9.46. The summed E-state index contributed by atoms with van der Waals surface area (Å²) in [5.41, 5.74) is 6.26. The Balaban J connectivity index is 2.14. The molecule has 3 heteroatoms. The van der Waals surface area contributed by atoms with Gasteiger partial charge in [-0.2, -0.15) is 0 Å². The number of nitrogens with two attached hydrogens (primary N) is 1. The van der Waals surface area contributed by atoms with E-state index in [9.17, 15) is 4.39 Å². The minimum Gasteiger partial charge on any atom is -0.490 e. The van der Waals surface area contributed by atoms with E-state index >= 15 is 0 Å². The predicted molar refractivity (Wildman–Crippen MR) is 52.6 cm³/mol. The molecule has 0 aliphatic heterocycles. The van der Waals surface area contributed by atoms with Gasteiger partial charge in [0.2, 0.25) is 0 Å². The second-order valence-corrected chi connectivity index (χ2v) is 3.63. The molecule has 0 unspecified atom stereocenters. The van der Waals surface area contributed by atoms with Crippen LogP contribution in [0, 0.1) is 5.82 Å². The third-order valence-electron chi connectivity index (χ3n) is 2.59. The molecule has 2 nitrogen and oxygen atoms in total. The van der Waals surface area contributed by atoms with Crippen LogP contribution in [0.1, 0.15) is 24.8 Å². The molecule has 14 heavy (non-hydrogen) atoms. The summed E-state index contributed by atoms with van der Waals surface area (Å²) in [6.45, 7) is 0.319.